The lowest BCUT2D eigenvalue weighted by atomic mass is 9.97. The predicted octanol–water partition coefficient (Wildman–Crippen LogP) is 4.02. The molecular weight excluding hydrogens is 316 g/mol. The summed E-state index contributed by atoms with van der Waals surface area (Å²) in [5.74, 6) is 0.245. The molecule has 0 bridgehead atoms. The molecule has 1 aromatic heterocycles. The lowest BCUT2D eigenvalue weighted by molar-refractivity contribution is -0.135. The molecular formula is C20H26N2OS. The van der Waals surface area contributed by atoms with E-state index in [-0.39, 0.29) is 11.9 Å². The molecule has 2 heterocycles. The maximum atomic E-state index is 12.9. The highest BCUT2D eigenvalue weighted by Gasteiger charge is 2.30. The highest BCUT2D eigenvalue weighted by molar-refractivity contribution is 7.10. The van der Waals surface area contributed by atoms with Gasteiger partial charge in [-0.15, -0.1) is 11.3 Å². The van der Waals surface area contributed by atoms with Crippen molar-refractivity contribution in [1.82, 2.24) is 9.80 Å². The minimum absolute atomic E-state index is 0.245. The second kappa shape index (κ2) is 7.49. The van der Waals surface area contributed by atoms with Gasteiger partial charge >= 0.3 is 0 Å². The van der Waals surface area contributed by atoms with E-state index in [4.69, 9.17) is 0 Å². The van der Waals surface area contributed by atoms with Crippen LogP contribution in [-0.4, -0.2) is 35.8 Å². The van der Waals surface area contributed by atoms with Gasteiger partial charge in [0.15, 0.2) is 0 Å². The Morgan fingerprint density at radius 1 is 1.33 bits per heavy atom. The number of fused-ring (bicyclic) bond motifs is 1. The number of carbonyl (C=O) groups is 1. The van der Waals surface area contributed by atoms with Crippen LogP contribution >= 0.6 is 11.3 Å². The molecule has 1 aromatic carbocycles. The summed E-state index contributed by atoms with van der Waals surface area (Å²) in [5.41, 5.74) is 3.94. The van der Waals surface area contributed by atoms with E-state index in [1.807, 2.05) is 18.4 Å². The van der Waals surface area contributed by atoms with Crippen molar-refractivity contribution in [3.8, 4) is 0 Å². The number of likely N-dealkylation sites (N-methyl/N-ethyl adjacent to an activating group) is 1. The van der Waals surface area contributed by atoms with E-state index in [1.54, 1.807) is 0 Å². The molecule has 24 heavy (non-hydrogen) atoms. The second-order valence-corrected chi connectivity index (χ2v) is 7.66. The third-order valence-electron chi connectivity index (χ3n) is 4.91. The van der Waals surface area contributed by atoms with Gasteiger partial charge in [0, 0.05) is 18.0 Å². The van der Waals surface area contributed by atoms with E-state index in [0.717, 1.165) is 25.9 Å². The van der Waals surface area contributed by atoms with Crippen molar-refractivity contribution >= 4 is 17.2 Å². The van der Waals surface area contributed by atoms with Crippen LogP contribution in [0.3, 0.4) is 0 Å². The lowest BCUT2D eigenvalue weighted by Crippen LogP contribution is -2.44. The van der Waals surface area contributed by atoms with Gasteiger partial charge in [-0.05, 0) is 54.9 Å². The van der Waals surface area contributed by atoms with Crippen LogP contribution in [0.25, 0.3) is 0 Å². The summed E-state index contributed by atoms with van der Waals surface area (Å²) >= 11 is 1.83. The summed E-state index contributed by atoms with van der Waals surface area (Å²) in [7, 11) is 2.03. The molecule has 128 valence electrons. The Kier molecular flexibility index (Phi) is 5.36. The van der Waals surface area contributed by atoms with Crippen LogP contribution in [0, 0.1) is 6.92 Å². The highest BCUT2D eigenvalue weighted by Crippen LogP contribution is 2.35. The summed E-state index contributed by atoms with van der Waals surface area (Å²) in [5, 5.41) is 2.16. The first kappa shape index (κ1) is 17.2. The van der Waals surface area contributed by atoms with Crippen molar-refractivity contribution in [2.45, 2.75) is 39.3 Å². The van der Waals surface area contributed by atoms with Crippen LogP contribution in [0.2, 0.25) is 0 Å². The zero-order valence-corrected chi connectivity index (χ0v) is 15.6. The van der Waals surface area contributed by atoms with E-state index < -0.39 is 0 Å². The third-order valence-corrected chi connectivity index (χ3v) is 5.91. The van der Waals surface area contributed by atoms with Gasteiger partial charge in [-0.2, -0.15) is 0 Å². The topological polar surface area (TPSA) is 23.6 Å². The van der Waals surface area contributed by atoms with E-state index in [2.05, 4.69) is 59.4 Å². The number of amides is 1. The Morgan fingerprint density at radius 3 is 2.88 bits per heavy atom. The van der Waals surface area contributed by atoms with Gasteiger partial charge < -0.3 is 4.90 Å². The Labute approximate surface area is 148 Å². The number of aryl methyl sites for hydroxylation is 1. The van der Waals surface area contributed by atoms with Crippen LogP contribution in [-0.2, 0) is 17.8 Å². The van der Waals surface area contributed by atoms with Crippen molar-refractivity contribution in [2.75, 3.05) is 20.1 Å². The average molecular weight is 343 g/mol. The molecule has 3 nitrogen and oxygen atoms in total. The van der Waals surface area contributed by atoms with Crippen LogP contribution in [0.4, 0.5) is 0 Å². The largest absolute Gasteiger partial charge is 0.334 e. The van der Waals surface area contributed by atoms with E-state index in [0.29, 0.717) is 6.54 Å². The first-order chi connectivity index (χ1) is 11.6. The molecule has 2 aromatic rings. The molecule has 3 rings (SSSR count). The molecule has 0 saturated heterocycles. The molecule has 0 aliphatic carbocycles. The van der Waals surface area contributed by atoms with Gasteiger partial charge in [0.1, 0.15) is 0 Å². The fourth-order valence-electron chi connectivity index (χ4n) is 3.59. The van der Waals surface area contributed by atoms with Crippen molar-refractivity contribution in [2.24, 2.45) is 0 Å². The fourth-order valence-corrected chi connectivity index (χ4v) is 4.52. The smallest absolute Gasteiger partial charge is 0.237 e. The summed E-state index contributed by atoms with van der Waals surface area (Å²) < 4.78 is 0. The third kappa shape index (κ3) is 3.55. The van der Waals surface area contributed by atoms with Crippen molar-refractivity contribution in [3.05, 3.63) is 57.3 Å². The van der Waals surface area contributed by atoms with Gasteiger partial charge in [0.25, 0.3) is 0 Å². The van der Waals surface area contributed by atoms with Crippen LogP contribution in [0.5, 0.6) is 0 Å². The quantitative estimate of drug-likeness (QED) is 0.819. The number of carbonyl (C=O) groups excluding carboxylic acids is 1. The molecule has 4 heteroatoms. The first-order valence-corrected chi connectivity index (χ1v) is 9.57. The first-order valence-electron chi connectivity index (χ1n) is 8.69. The zero-order valence-electron chi connectivity index (χ0n) is 14.8. The van der Waals surface area contributed by atoms with Gasteiger partial charge in [-0.3, -0.25) is 9.69 Å². The molecule has 0 radical (unpaired) electrons. The lowest BCUT2D eigenvalue weighted by Gasteiger charge is -2.36. The van der Waals surface area contributed by atoms with Crippen molar-refractivity contribution in [1.29, 1.82) is 0 Å². The number of thiophene rings is 1. The number of hydrogen-bond donors (Lipinski definition) is 0. The van der Waals surface area contributed by atoms with Gasteiger partial charge in [-0.25, -0.2) is 0 Å². The Bertz CT molecular complexity index is 709. The Balaban J connectivity index is 1.65. The zero-order chi connectivity index (χ0) is 17.1. The van der Waals surface area contributed by atoms with E-state index in [9.17, 15) is 4.79 Å². The van der Waals surface area contributed by atoms with Crippen LogP contribution in [0.1, 0.15) is 41.0 Å². The van der Waals surface area contributed by atoms with Crippen molar-refractivity contribution in [3.63, 3.8) is 0 Å². The standard InChI is InChI=1S/C20H26N2OS/c1-4-18-17-10-12-24-19(17)9-11-22(18)20(23)14-21(3)13-16-8-6-5-7-15(16)2/h5-8,10,12,18H,4,9,11,13-14H2,1-3H3. The highest BCUT2D eigenvalue weighted by atomic mass is 32.1. The molecule has 0 spiro atoms. The molecule has 1 aliphatic heterocycles. The molecule has 1 unspecified atom stereocenters. The van der Waals surface area contributed by atoms with E-state index in [1.165, 1.54) is 21.6 Å². The minimum atomic E-state index is 0.245. The molecule has 0 fully saturated rings. The maximum absolute atomic E-state index is 12.9. The normalized spacial score (nSPS) is 17.2. The Morgan fingerprint density at radius 2 is 2.12 bits per heavy atom. The summed E-state index contributed by atoms with van der Waals surface area (Å²) in [6.45, 7) is 6.44. The molecule has 0 N–H and O–H groups in total. The monoisotopic (exact) mass is 342 g/mol. The van der Waals surface area contributed by atoms with Gasteiger partial charge in [-0.1, -0.05) is 31.2 Å². The number of benzene rings is 1. The number of hydrogen-bond acceptors (Lipinski definition) is 3. The SMILES string of the molecule is CCC1c2ccsc2CCN1C(=O)CN(C)Cc1ccccc1C. The number of rotatable bonds is 5. The molecule has 0 saturated carbocycles. The Hall–Kier alpha value is -1.65. The molecule has 1 amide bonds. The minimum Gasteiger partial charge on any atom is -0.334 e. The number of nitrogens with zero attached hydrogens (tertiary/aromatic N) is 2. The summed E-state index contributed by atoms with van der Waals surface area (Å²) in [4.78, 5) is 18.5. The average Bonchev–Trinajstić information content (AvgIpc) is 3.04. The second-order valence-electron chi connectivity index (χ2n) is 6.66. The predicted molar refractivity (Wildman–Crippen MR) is 100 cm³/mol. The summed E-state index contributed by atoms with van der Waals surface area (Å²) in [6, 6.07) is 10.8. The summed E-state index contributed by atoms with van der Waals surface area (Å²) in [6.07, 6.45) is 1.98. The molecule has 1 atom stereocenters. The maximum Gasteiger partial charge on any atom is 0.237 e. The molecule has 1 aliphatic rings. The van der Waals surface area contributed by atoms with Crippen LogP contribution < -0.4 is 0 Å². The van der Waals surface area contributed by atoms with Crippen molar-refractivity contribution < 1.29 is 4.79 Å². The van der Waals surface area contributed by atoms with E-state index >= 15 is 0 Å². The van der Waals surface area contributed by atoms with Gasteiger partial charge in [0.2, 0.25) is 5.91 Å². The van der Waals surface area contributed by atoms with Crippen LogP contribution in [0.15, 0.2) is 35.7 Å². The van der Waals surface area contributed by atoms with Gasteiger partial charge in [0.05, 0.1) is 12.6 Å². The fraction of sp³-hybridized carbons (Fsp3) is 0.450.